The van der Waals surface area contributed by atoms with Crippen LogP contribution in [0.5, 0.6) is 11.5 Å². The van der Waals surface area contributed by atoms with Gasteiger partial charge in [0.05, 0.1) is 18.7 Å². The van der Waals surface area contributed by atoms with Gasteiger partial charge in [-0.1, -0.05) is 12.1 Å². The van der Waals surface area contributed by atoms with Crippen molar-refractivity contribution in [3.63, 3.8) is 0 Å². The van der Waals surface area contributed by atoms with E-state index in [0.29, 0.717) is 30.2 Å². The fourth-order valence-corrected chi connectivity index (χ4v) is 2.04. The number of aryl methyl sites for hydroxylation is 1. The lowest BCUT2D eigenvalue weighted by Gasteiger charge is -2.13. The van der Waals surface area contributed by atoms with Gasteiger partial charge in [0.1, 0.15) is 6.61 Å². The first-order valence-corrected chi connectivity index (χ1v) is 6.67. The molecule has 4 heteroatoms. The molecule has 0 aliphatic heterocycles. The smallest absolute Gasteiger partial charge is 0.161 e. The predicted octanol–water partition coefficient (Wildman–Crippen LogP) is 2.91. The molecule has 0 spiro atoms. The maximum Gasteiger partial charge on any atom is 0.161 e. The summed E-state index contributed by atoms with van der Waals surface area (Å²) < 4.78 is 11.1. The highest BCUT2D eigenvalue weighted by Gasteiger charge is 2.07. The predicted molar refractivity (Wildman–Crippen MR) is 81.1 cm³/mol. The Morgan fingerprint density at radius 3 is 2.57 bits per heavy atom. The number of nitrogens with two attached hydrogens (primary N) is 1. The van der Waals surface area contributed by atoms with Crippen molar-refractivity contribution in [3.05, 3.63) is 58.7 Å². The van der Waals surface area contributed by atoms with Crippen LogP contribution in [0.2, 0.25) is 0 Å². The highest BCUT2D eigenvalue weighted by atomic mass is 16.5. The van der Waals surface area contributed by atoms with E-state index in [1.165, 1.54) is 0 Å². The highest BCUT2D eigenvalue weighted by molar-refractivity contribution is 5.43. The number of hydrogen-bond donors (Lipinski definition) is 1. The SMILES string of the molecule is COc1ccc(CN)cc1OCc1ccc(C#N)cc1C. The number of hydrogen-bond acceptors (Lipinski definition) is 4. The topological polar surface area (TPSA) is 68.3 Å². The fourth-order valence-electron chi connectivity index (χ4n) is 2.04. The molecule has 0 aliphatic rings. The molecule has 0 heterocycles. The molecule has 2 rings (SSSR count). The second-order valence-corrected chi connectivity index (χ2v) is 4.73. The van der Waals surface area contributed by atoms with Gasteiger partial charge in [0.2, 0.25) is 0 Å². The van der Waals surface area contributed by atoms with Gasteiger partial charge >= 0.3 is 0 Å². The lowest BCUT2D eigenvalue weighted by Crippen LogP contribution is -2.02. The van der Waals surface area contributed by atoms with Crippen molar-refractivity contribution in [2.24, 2.45) is 5.73 Å². The Bertz CT molecular complexity index is 675. The molecule has 0 saturated heterocycles. The van der Waals surface area contributed by atoms with Crippen LogP contribution in [0.1, 0.15) is 22.3 Å². The van der Waals surface area contributed by atoms with Crippen LogP contribution >= 0.6 is 0 Å². The van der Waals surface area contributed by atoms with Gasteiger partial charge in [-0.2, -0.15) is 5.26 Å². The number of nitriles is 1. The van der Waals surface area contributed by atoms with E-state index in [1.54, 1.807) is 13.2 Å². The summed E-state index contributed by atoms with van der Waals surface area (Å²) in [5, 5.41) is 8.88. The van der Waals surface area contributed by atoms with Crippen LogP contribution in [0.15, 0.2) is 36.4 Å². The average Bonchev–Trinajstić information content (AvgIpc) is 2.53. The summed E-state index contributed by atoms with van der Waals surface area (Å²) in [4.78, 5) is 0. The largest absolute Gasteiger partial charge is 0.493 e. The van der Waals surface area contributed by atoms with Crippen molar-refractivity contribution in [1.29, 1.82) is 5.26 Å². The lowest BCUT2D eigenvalue weighted by atomic mass is 10.1. The van der Waals surface area contributed by atoms with Gasteiger partial charge in [-0.25, -0.2) is 0 Å². The zero-order valence-corrected chi connectivity index (χ0v) is 12.2. The first kappa shape index (κ1) is 14.9. The number of benzene rings is 2. The standard InChI is InChI=1S/C17H18N2O2/c1-12-7-13(9-18)3-5-15(12)11-21-17-8-14(10-19)4-6-16(17)20-2/h3-8H,10-11,19H2,1-2H3. The molecule has 0 atom stereocenters. The molecule has 21 heavy (non-hydrogen) atoms. The Morgan fingerprint density at radius 1 is 1.14 bits per heavy atom. The summed E-state index contributed by atoms with van der Waals surface area (Å²) in [5.74, 6) is 1.35. The van der Waals surface area contributed by atoms with Gasteiger partial charge in [0.25, 0.3) is 0 Å². The second kappa shape index (κ2) is 6.78. The summed E-state index contributed by atoms with van der Waals surface area (Å²) in [6, 6.07) is 13.3. The summed E-state index contributed by atoms with van der Waals surface area (Å²) in [7, 11) is 1.61. The van der Waals surface area contributed by atoms with Crippen molar-refractivity contribution in [3.8, 4) is 17.6 Å². The molecule has 2 N–H and O–H groups in total. The Kier molecular flexibility index (Phi) is 4.81. The van der Waals surface area contributed by atoms with Crippen LogP contribution in [0, 0.1) is 18.3 Å². The van der Waals surface area contributed by atoms with Gasteiger partial charge in [-0.15, -0.1) is 0 Å². The van der Waals surface area contributed by atoms with Gasteiger partial charge in [-0.3, -0.25) is 0 Å². The van der Waals surface area contributed by atoms with E-state index in [9.17, 15) is 0 Å². The third kappa shape index (κ3) is 3.53. The van der Waals surface area contributed by atoms with Gasteiger partial charge < -0.3 is 15.2 Å². The maximum atomic E-state index is 8.88. The molecule has 2 aromatic rings. The zero-order valence-electron chi connectivity index (χ0n) is 12.2. The third-order valence-electron chi connectivity index (χ3n) is 3.32. The normalized spacial score (nSPS) is 10.0. The minimum atomic E-state index is 0.419. The molecule has 108 valence electrons. The van der Waals surface area contributed by atoms with Crippen LogP contribution < -0.4 is 15.2 Å². The number of nitrogens with zero attached hydrogens (tertiary/aromatic N) is 1. The lowest BCUT2D eigenvalue weighted by molar-refractivity contribution is 0.283. The minimum absolute atomic E-state index is 0.419. The van der Waals surface area contributed by atoms with Gasteiger partial charge in [0.15, 0.2) is 11.5 Å². The molecular formula is C17H18N2O2. The first-order chi connectivity index (χ1) is 10.2. The minimum Gasteiger partial charge on any atom is -0.493 e. The van der Waals surface area contributed by atoms with E-state index < -0.39 is 0 Å². The molecule has 0 aliphatic carbocycles. The zero-order chi connectivity index (χ0) is 15.2. The van der Waals surface area contributed by atoms with Crippen LogP contribution in [0.3, 0.4) is 0 Å². The molecule has 0 saturated carbocycles. The van der Waals surface area contributed by atoms with Crippen molar-refractivity contribution >= 4 is 0 Å². The molecule has 4 nitrogen and oxygen atoms in total. The van der Waals surface area contributed by atoms with E-state index in [2.05, 4.69) is 6.07 Å². The van der Waals surface area contributed by atoms with Crippen molar-refractivity contribution in [1.82, 2.24) is 0 Å². The van der Waals surface area contributed by atoms with Gasteiger partial charge in [0, 0.05) is 6.54 Å². The summed E-state index contributed by atoms with van der Waals surface area (Å²) >= 11 is 0. The van der Waals surface area contributed by atoms with Crippen molar-refractivity contribution < 1.29 is 9.47 Å². The molecular weight excluding hydrogens is 264 g/mol. The summed E-state index contributed by atoms with van der Waals surface area (Å²) in [6.07, 6.45) is 0. The Hall–Kier alpha value is -2.51. The monoisotopic (exact) mass is 282 g/mol. The molecule has 0 bridgehead atoms. The molecule has 0 amide bonds. The summed E-state index contributed by atoms with van der Waals surface area (Å²) in [5.41, 5.74) is 9.35. The Balaban J connectivity index is 2.18. The van der Waals surface area contributed by atoms with E-state index in [1.807, 2.05) is 37.3 Å². The van der Waals surface area contributed by atoms with Crippen molar-refractivity contribution in [2.45, 2.75) is 20.1 Å². The molecule has 0 unspecified atom stereocenters. The average molecular weight is 282 g/mol. The van der Waals surface area contributed by atoms with Crippen molar-refractivity contribution in [2.75, 3.05) is 7.11 Å². The van der Waals surface area contributed by atoms with Crippen LogP contribution in [-0.2, 0) is 13.2 Å². The number of ether oxygens (including phenoxy) is 2. The molecule has 0 radical (unpaired) electrons. The second-order valence-electron chi connectivity index (χ2n) is 4.73. The number of rotatable bonds is 5. The quantitative estimate of drug-likeness (QED) is 0.915. The van der Waals surface area contributed by atoms with E-state index in [0.717, 1.165) is 16.7 Å². The molecule has 0 aromatic heterocycles. The third-order valence-corrected chi connectivity index (χ3v) is 3.32. The van der Waals surface area contributed by atoms with Gasteiger partial charge in [-0.05, 0) is 47.9 Å². The maximum absolute atomic E-state index is 8.88. The fraction of sp³-hybridized carbons (Fsp3) is 0.235. The van der Waals surface area contributed by atoms with E-state index >= 15 is 0 Å². The number of methoxy groups -OCH3 is 1. The highest BCUT2D eigenvalue weighted by Crippen LogP contribution is 2.29. The summed E-state index contributed by atoms with van der Waals surface area (Å²) in [6.45, 7) is 2.84. The Morgan fingerprint density at radius 2 is 1.95 bits per heavy atom. The van der Waals surface area contributed by atoms with Crippen LogP contribution in [-0.4, -0.2) is 7.11 Å². The van der Waals surface area contributed by atoms with E-state index in [4.69, 9.17) is 20.5 Å². The Labute approximate surface area is 124 Å². The molecule has 2 aromatic carbocycles. The molecule has 0 fully saturated rings. The van der Waals surface area contributed by atoms with Crippen LogP contribution in [0.4, 0.5) is 0 Å². The first-order valence-electron chi connectivity index (χ1n) is 6.67. The van der Waals surface area contributed by atoms with E-state index in [-0.39, 0.29) is 0 Å². The van der Waals surface area contributed by atoms with Crippen LogP contribution in [0.25, 0.3) is 0 Å².